The molecule has 0 aromatic heterocycles. The topological polar surface area (TPSA) is 50.4 Å². The second kappa shape index (κ2) is 7.87. The van der Waals surface area contributed by atoms with E-state index in [9.17, 15) is 4.79 Å². The van der Waals surface area contributed by atoms with E-state index in [-0.39, 0.29) is 12.1 Å². The molecule has 1 rings (SSSR count). The molecule has 1 unspecified atom stereocenters. The summed E-state index contributed by atoms with van der Waals surface area (Å²) in [6.07, 6.45) is 6.44. The fourth-order valence-electron chi connectivity index (χ4n) is 2.83. The summed E-state index contributed by atoms with van der Waals surface area (Å²) in [5.41, 5.74) is -0.434. The van der Waals surface area contributed by atoms with Crippen LogP contribution >= 0.6 is 0 Å². The molecule has 0 aromatic carbocycles. The normalized spacial score (nSPS) is 20.2. The van der Waals surface area contributed by atoms with E-state index in [4.69, 9.17) is 4.74 Å². The summed E-state index contributed by atoms with van der Waals surface area (Å²) in [5, 5.41) is 6.42. The van der Waals surface area contributed by atoms with Crippen LogP contribution in [0.3, 0.4) is 0 Å². The average Bonchev–Trinajstić information content (AvgIpc) is 2.35. The van der Waals surface area contributed by atoms with Gasteiger partial charge in [0.05, 0.1) is 0 Å². The Bertz CT molecular complexity index is 293. The molecule has 2 atom stereocenters. The minimum atomic E-state index is -0.434. The Morgan fingerprint density at radius 3 is 2.35 bits per heavy atom. The maximum Gasteiger partial charge on any atom is 0.407 e. The van der Waals surface area contributed by atoms with Crippen LogP contribution in [0.4, 0.5) is 4.79 Å². The maximum atomic E-state index is 11.6. The predicted molar refractivity (Wildman–Crippen MR) is 82.9 cm³/mol. The summed E-state index contributed by atoms with van der Waals surface area (Å²) >= 11 is 0. The molecule has 0 heterocycles. The molecule has 0 bridgehead atoms. The fraction of sp³-hybridized carbons (Fsp3) is 0.938. The van der Waals surface area contributed by atoms with Crippen LogP contribution in [0.5, 0.6) is 0 Å². The number of hydrogen-bond acceptors (Lipinski definition) is 3. The lowest BCUT2D eigenvalue weighted by Crippen LogP contribution is -2.46. The summed E-state index contributed by atoms with van der Waals surface area (Å²) in [5.74, 6) is 0.785. The molecule has 0 saturated heterocycles. The van der Waals surface area contributed by atoms with Crippen molar-refractivity contribution in [2.45, 2.75) is 84.4 Å². The Labute approximate surface area is 124 Å². The highest BCUT2D eigenvalue weighted by atomic mass is 16.6. The van der Waals surface area contributed by atoms with Gasteiger partial charge in [0.25, 0.3) is 0 Å². The summed E-state index contributed by atoms with van der Waals surface area (Å²) in [7, 11) is 0. The van der Waals surface area contributed by atoms with E-state index in [2.05, 4.69) is 24.5 Å². The highest BCUT2D eigenvalue weighted by Crippen LogP contribution is 2.26. The van der Waals surface area contributed by atoms with E-state index in [0.29, 0.717) is 12.6 Å². The van der Waals surface area contributed by atoms with Gasteiger partial charge in [0.15, 0.2) is 0 Å². The van der Waals surface area contributed by atoms with Gasteiger partial charge in [-0.2, -0.15) is 0 Å². The molecular weight excluding hydrogens is 252 g/mol. The van der Waals surface area contributed by atoms with E-state index in [1.54, 1.807) is 0 Å². The fourth-order valence-corrected chi connectivity index (χ4v) is 2.83. The van der Waals surface area contributed by atoms with E-state index in [0.717, 1.165) is 5.92 Å². The first-order valence-corrected chi connectivity index (χ1v) is 8.01. The molecule has 0 spiro atoms. The maximum absolute atomic E-state index is 11.6. The Hall–Kier alpha value is -0.770. The third kappa shape index (κ3) is 7.13. The van der Waals surface area contributed by atoms with Gasteiger partial charge in [0.2, 0.25) is 0 Å². The van der Waals surface area contributed by atoms with Crippen LogP contribution in [0, 0.1) is 5.92 Å². The molecule has 118 valence electrons. The quantitative estimate of drug-likeness (QED) is 0.813. The molecule has 0 aromatic rings. The lowest BCUT2D eigenvalue weighted by atomic mass is 9.84. The number of rotatable bonds is 5. The molecular formula is C16H32N2O2. The standard InChI is InChI=1S/C16H32N2O2/c1-12(11-17-15(19)20-16(3,4)5)18-13(2)14-9-7-6-8-10-14/h12-14,18H,6-11H2,1-5H3,(H,17,19)/t12?,13-/m1/s1. The van der Waals surface area contributed by atoms with Gasteiger partial charge in [-0.3, -0.25) is 0 Å². The molecule has 0 aliphatic heterocycles. The van der Waals surface area contributed by atoms with Crippen molar-refractivity contribution in [2.75, 3.05) is 6.54 Å². The number of carbonyl (C=O) groups excluding carboxylic acids is 1. The van der Waals surface area contributed by atoms with Crippen LogP contribution in [0.1, 0.15) is 66.7 Å². The van der Waals surface area contributed by atoms with Gasteiger partial charge in [0.1, 0.15) is 5.60 Å². The zero-order chi connectivity index (χ0) is 15.2. The third-order valence-electron chi connectivity index (χ3n) is 3.86. The Morgan fingerprint density at radius 1 is 1.20 bits per heavy atom. The third-order valence-corrected chi connectivity index (χ3v) is 3.86. The summed E-state index contributed by atoms with van der Waals surface area (Å²) in [6, 6.07) is 0.783. The van der Waals surface area contributed by atoms with Crippen molar-refractivity contribution in [3.8, 4) is 0 Å². The molecule has 2 N–H and O–H groups in total. The number of nitrogens with one attached hydrogen (secondary N) is 2. The summed E-state index contributed by atoms with van der Waals surface area (Å²) in [6.45, 7) is 10.6. The van der Waals surface area contributed by atoms with Gasteiger partial charge in [-0.15, -0.1) is 0 Å². The first kappa shape index (κ1) is 17.3. The van der Waals surface area contributed by atoms with Crippen molar-refractivity contribution in [1.29, 1.82) is 0 Å². The Kier molecular flexibility index (Phi) is 6.80. The van der Waals surface area contributed by atoms with Gasteiger partial charge < -0.3 is 15.4 Å². The molecule has 1 aliphatic carbocycles. The molecule has 20 heavy (non-hydrogen) atoms. The van der Waals surface area contributed by atoms with E-state index in [1.165, 1.54) is 32.1 Å². The van der Waals surface area contributed by atoms with E-state index < -0.39 is 5.60 Å². The summed E-state index contributed by atoms with van der Waals surface area (Å²) < 4.78 is 5.23. The van der Waals surface area contributed by atoms with Gasteiger partial charge >= 0.3 is 6.09 Å². The van der Waals surface area contributed by atoms with E-state index >= 15 is 0 Å². The number of hydrogen-bond donors (Lipinski definition) is 2. The Morgan fingerprint density at radius 2 is 1.80 bits per heavy atom. The number of carbonyl (C=O) groups is 1. The molecule has 1 amide bonds. The number of ether oxygens (including phenoxy) is 1. The van der Waals surface area contributed by atoms with Crippen LogP contribution in [-0.4, -0.2) is 30.3 Å². The minimum absolute atomic E-state index is 0.263. The zero-order valence-corrected chi connectivity index (χ0v) is 13.8. The predicted octanol–water partition coefficient (Wildman–Crippen LogP) is 3.46. The van der Waals surface area contributed by atoms with Crippen molar-refractivity contribution < 1.29 is 9.53 Å². The lowest BCUT2D eigenvalue weighted by molar-refractivity contribution is 0.0522. The van der Waals surface area contributed by atoms with Crippen molar-refractivity contribution in [2.24, 2.45) is 5.92 Å². The Balaban J connectivity index is 2.22. The largest absolute Gasteiger partial charge is 0.444 e. The van der Waals surface area contributed by atoms with Crippen LogP contribution in [0.2, 0.25) is 0 Å². The molecule has 4 heteroatoms. The first-order valence-electron chi connectivity index (χ1n) is 8.01. The van der Waals surface area contributed by atoms with Crippen molar-refractivity contribution in [3.63, 3.8) is 0 Å². The van der Waals surface area contributed by atoms with E-state index in [1.807, 2.05) is 20.8 Å². The molecule has 1 fully saturated rings. The van der Waals surface area contributed by atoms with Crippen LogP contribution in [0.25, 0.3) is 0 Å². The summed E-state index contributed by atoms with van der Waals surface area (Å²) in [4.78, 5) is 11.6. The smallest absolute Gasteiger partial charge is 0.407 e. The zero-order valence-electron chi connectivity index (χ0n) is 13.8. The minimum Gasteiger partial charge on any atom is -0.444 e. The highest BCUT2D eigenvalue weighted by molar-refractivity contribution is 5.67. The molecule has 1 aliphatic rings. The number of amides is 1. The van der Waals surface area contributed by atoms with Gasteiger partial charge in [-0.25, -0.2) is 4.79 Å². The number of alkyl carbamates (subject to hydrolysis) is 1. The van der Waals surface area contributed by atoms with Crippen molar-refractivity contribution in [1.82, 2.24) is 10.6 Å². The lowest BCUT2D eigenvalue weighted by Gasteiger charge is -2.31. The monoisotopic (exact) mass is 284 g/mol. The van der Waals surface area contributed by atoms with Crippen LogP contribution in [-0.2, 0) is 4.74 Å². The van der Waals surface area contributed by atoms with Gasteiger partial charge in [0, 0.05) is 18.6 Å². The molecule has 1 saturated carbocycles. The van der Waals surface area contributed by atoms with Crippen molar-refractivity contribution in [3.05, 3.63) is 0 Å². The molecule has 4 nitrogen and oxygen atoms in total. The first-order chi connectivity index (χ1) is 9.28. The van der Waals surface area contributed by atoms with Gasteiger partial charge in [-0.1, -0.05) is 19.3 Å². The SMILES string of the molecule is CC(CNC(=O)OC(C)(C)C)N[C@H](C)C1CCCCC1. The van der Waals surface area contributed by atoms with Crippen molar-refractivity contribution >= 4 is 6.09 Å². The van der Waals surface area contributed by atoms with Crippen LogP contribution in [0.15, 0.2) is 0 Å². The molecule has 0 radical (unpaired) electrons. The highest BCUT2D eigenvalue weighted by Gasteiger charge is 2.21. The van der Waals surface area contributed by atoms with Crippen LogP contribution < -0.4 is 10.6 Å². The average molecular weight is 284 g/mol. The van der Waals surface area contributed by atoms with Gasteiger partial charge in [-0.05, 0) is 53.4 Å². The second-order valence-electron chi connectivity index (χ2n) is 7.14. The second-order valence-corrected chi connectivity index (χ2v) is 7.14.